The zero-order valence-corrected chi connectivity index (χ0v) is 14.4. The molecule has 0 aliphatic heterocycles. The molecule has 0 saturated heterocycles. The normalized spacial score (nSPS) is 14.1. The predicted molar refractivity (Wildman–Crippen MR) is 87.4 cm³/mol. The van der Waals surface area contributed by atoms with Gasteiger partial charge in [-0.2, -0.15) is 4.98 Å². The highest BCUT2D eigenvalue weighted by Crippen LogP contribution is 2.19. The second-order valence-electron chi connectivity index (χ2n) is 5.39. The third-order valence-electron chi connectivity index (χ3n) is 3.59. The minimum Gasteiger partial charge on any atom is -0.339 e. The van der Waals surface area contributed by atoms with Gasteiger partial charge in [0, 0.05) is 16.9 Å². The van der Waals surface area contributed by atoms with E-state index in [1.807, 2.05) is 12.1 Å². The van der Waals surface area contributed by atoms with Crippen molar-refractivity contribution in [1.82, 2.24) is 15.5 Å². The van der Waals surface area contributed by atoms with E-state index >= 15 is 0 Å². The molecule has 0 fully saturated rings. The molecule has 1 N–H and O–H groups in total. The van der Waals surface area contributed by atoms with Crippen molar-refractivity contribution < 1.29 is 4.52 Å². The fourth-order valence-corrected chi connectivity index (χ4v) is 2.56. The maximum Gasteiger partial charge on any atom is 0.231 e. The molecule has 114 valence electrons. The minimum atomic E-state index is 0.209. The number of rotatable bonds is 7. The minimum absolute atomic E-state index is 0.209. The molecule has 0 aliphatic carbocycles. The van der Waals surface area contributed by atoms with Gasteiger partial charge in [0.05, 0.1) is 5.92 Å². The molecule has 21 heavy (non-hydrogen) atoms. The highest BCUT2D eigenvalue weighted by Gasteiger charge is 2.20. The number of nitrogens with zero attached hydrogens (tertiary/aromatic N) is 2. The van der Waals surface area contributed by atoms with Gasteiger partial charge in [-0.1, -0.05) is 47.1 Å². The Morgan fingerprint density at radius 1 is 1.33 bits per heavy atom. The van der Waals surface area contributed by atoms with Crippen LogP contribution in [-0.4, -0.2) is 22.7 Å². The van der Waals surface area contributed by atoms with Crippen LogP contribution in [0.25, 0.3) is 0 Å². The Bertz CT molecular complexity index is 570. The van der Waals surface area contributed by atoms with E-state index in [0.717, 1.165) is 23.3 Å². The van der Waals surface area contributed by atoms with Gasteiger partial charge in [-0.05, 0) is 37.6 Å². The van der Waals surface area contributed by atoms with Crippen molar-refractivity contribution in [2.45, 2.75) is 45.6 Å². The third-order valence-corrected chi connectivity index (χ3v) is 4.08. The van der Waals surface area contributed by atoms with Crippen molar-refractivity contribution in [2.24, 2.45) is 0 Å². The Labute approximate surface area is 134 Å². The van der Waals surface area contributed by atoms with Gasteiger partial charge in [-0.25, -0.2) is 0 Å². The van der Waals surface area contributed by atoms with Crippen LogP contribution in [0.3, 0.4) is 0 Å². The van der Waals surface area contributed by atoms with Gasteiger partial charge in [0.2, 0.25) is 5.89 Å². The van der Waals surface area contributed by atoms with Crippen LogP contribution in [-0.2, 0) is 6.42 Å². The summed E-state index contributed by atoms with van der Waals surface area (Å²) in [5, 5.41) is 7.56. The van der Waals surface area contributed by atoms with Crippen LogP contribution in [0.15, 0.2) is 33.3 Å². The number of benzene rings is 1. The summed E-state index contributed by atoms with van der Waals surface area (Å²) in [6.45, 7) is 7.43. The van der Waals surface area contributed by atoms with Crippen LogP contribution in [0.2, 0.25) is 0 Å². The van der Waals surface area contributed by atoms with Crippen molar-refractivity contribution >= 4 is 15.9 Å². The summed E-state index contributed by atoms with van der Waals surface area (Å²) in [6.07, 6.45) is 1.81. The Morgan fingerprint density at radius 2 is 2.14 bits per heavy atom. The van der Waals surface area contributed by atoms with Crippen molar-refractivity contribution in [3.05, 3.63) is 46.0 Å². The molecule has 2 aromatic rings. The van der Waals surface area contributed by atoms with Crippen molar-refractivity contribution in [3.63, 3.8) is 0 Å². The molecule has 0 amide bonds. The molecule has 0 radical (unpaired) electrons. The molecule has 2 rings (SSSR count). The molecule has 0 spiro atoms. The van der Waals surface area contributed by atoms with E-state index in [1.54, 1.807) is 0 Å². The van der Waals surface area contributed by atoms with E-state index in [0.29, 0.717) is 18.4 Å². The first-order valence-corrected chi connectivity index (χ1v) is 8.19. The molecule has 1 heterocycles. The fraction of sp³-hybridized carbons (Fsp3) is 0.500. The zero-order chi connectivity index (χ0) is 15.2. The first-order chi connectivity index (χ1) is 10.1. The van der Waals surface area contributed by atoms with Gasteiger partial charge in [0.15, 0.2) is 5.82 Å². The average molecular weight is 352 g/mol. The molecule has 2 unspecified atom stereocenters. The lowest BCUT2D eigenvalue weighted by atomic mass is 10.0. The maximum absolute atomic E-state index is 5.42. The first kappa shape index (κ1) is 16.2. The SMILES string of the molecule is CCCNC(C)C(C)c1nc(Cc2cccc(Br)c2)no1. The van der Waals surface area contributed by atoms with Crippen molar-refractivity contribution in [3.8, 4) is 0 Å². The number of hydrogen-bond donors (Lipinski definition) is 1. The van der Waals surface area contributed by atoms with Gasteiger partial charge >= 0.3 is 0 Å². The Hall–Kier alpha value is -1.20. The first-order valence-electron chi connectivity index (χ1n) is 7.40. The Kier molecular flexibility index (Phi) is 5.94. The van der Waals surface area contributed by atoms with E-state index in [2.05, 4.69) is 64.3 Å². The van der Waals surface area contributed by atoms with Crippen LogP contribution >= 0.6 is 15.9 Å². The molecule has 0 bridgehead atoms. The largest absolute Gasteiger partial charge is 0.339 e. The zero-order valence-electron chi connectivity index (χ0n) is 12.8. The average Bonchev–Trinajstić information content (AvgIpc) is 2.92. The van der Waals surface area contributed by atoms with Gasteiger partial charge in [-0.3, -0.25) is 0 Å². The summed E-state index contributed by atoms with van der Waals surface area (Å²) >= 11 is 3.47. The third kappa shape index (κ3) is 4.64. The lowest BCUT2D eigenvalue weighted by Gasteiger charge is -2.17. The lowest BCUT2D eigenvalue weighted by Crippen LogP contribution is -2.31. The number of halogens is 1. The molecule has 5 heteroatoms. The monoisotopic (exact) mass is 351 g/mol. The smallest absolute Gasteiger partial charge is 0.231 e. The van der Waals surface area contributed by atoms with Gasteiger partial charge < -0.3 is 9.84 Å². The van der Waals surface area contributed by atoms with Gasteiger partial charge in [0.25, 0.3) is 0 Å². The Balaban J connectivity index is 2.00. The molecule has 0 saturated carbocycles. The molecular formula is C16H22BrN3O. The fourth-order valence-electron chi connectivity index (χ4n) is 2.12. The lowest BCUT2D eigenvalue weighted by molar-refractivity contribution is 0.328. The van der Waals surface area contributed by atoms with Crippen LogP contribution in [0.5, 0.6) is 0 Å². The standard InChI is InChI=1S/C16H22BrN3O/c1-4-8-18-12(3)11(2)16-19-15(20-21-16)10-13-6-5-7-14(17)9-13/h5-7,9,11-12,18H,4,8,10H2,1-3H3. The number of aromatic nitrogens is 2. The Morgan fingerprint density at radius 3 is 2.86 bits per heavy atom. The second-order valence-corrected chi connectivity index (χ2v) is 6.30. The highest BCUT2D eigenvalue weighted by molar-refractivity contribution is 9.10. The van der Waals surface area contributed by atoms with E-state index < -0.39 is 0 Å². The van der Waals surface area contributed by atoms with Crippen molar-refractivity contribution in [1.29, 1.82) is 0 Å². The molecule has 4 nitrogen and oxygen atoms in total. The summed E-state index contributed by atoms with van der Waals surface area (Å²) in [4.78, 5) is 4.53. The van der Waals surface area contributed by atoms with Crippen LogP contribution in [0.4, 0.5) is 0 Å². The van der Waals surface area contributed by atoms with Gasteiger partial charge in [-0.15, -0.1) is 0 Å². The molecule has 1 aromatic heterocycles. The number of hydrogen-bond acceptors (Lipinski definition) is 4. The summed E-state index contributed by atoms with van der Waals surface area (Å²) in [7, 11) is 0. The van der Waals surface area contributed by atoms with E-state index in [9.17, 15) is 0 Å². The summed E-state index contributed by atoms with van der Waals surface area (Å²) in [5.41, 5.74) is 1.17. The van der Waals surface area contributed by atoms with Crippen LogP contribution in [0, 0.1) is 0 Å². The molecule has 2 atom stereocenters. The molecule has 0 aliphatic rings. The second kappa shape index (κ2) is 7.71. The summed E-state index contributed by atoms with van der Waals surface area (Å²) < 4.78 is 6.48. The quantitative estimate of drug-likeness (QED) is 0.821. The topological polar surface area (TPSA) is 51.0 Å². The summed E-state index contributed by atoms with van der Waals surface area (Å²) in [6, 6.07) is 8.48. The van der Waals surface area contributed by atoms with Crippen molar-refractivity contribution in [2.75, 3.05) is 6.54 Å². The summed E-state index contributed by atoms with van der Waals surface area (Å²) in [5.74, 6) is 1.65. The molecule has 1 aromatic carbocycles. The molecular weight excluding hydrogens is 330 g/mol. The van der Waals surface area contributed by atoms with E-state index in [-0.39, 0.29) is 5.92 Å². The van der Waals surface area contributed by atoms with Gasteiger partial charge in [0.1, 0.15) is 0 Å². The maximum atomic E-state index is 5.42. The predicted octanol–water partition coefficient (Wildman–Crippen LogP) is 3.91. The van der Waals surface area contributed by atoms with Crippen LogP contribution in [0.1, 0.15) is 50.4 Å². The van der Waals surface area contributed by atoms with E-state index in [1.165, 1.54) is 5.56 Å². The highest BCUT2D eigenvalue weighted by atomic mass is 79.9. The van der Waals surface area contributed by atoms with E-state index in [4.69, 9.17) is 4.52 Å². The number of nitrogens with one attached hydrogen (secondary N) is 1. The van der Waals surface area contributed by atoms with Crippen LogP contribution < -0.4 is 5.32 Å².